The van der Waals surface area contributed by atoms with Gasteiger partial charge < -0.3 is 5.32 Å². The lowest BCUT2D eigenvalue weighted by molar-refractivity contribution is 0.400. The van der Waals surface area contributed by atoms with Crippen molar-refractivity contribution in [1.82, 2.24) is 5.32 Å². The molecule has 2 nitrogen and oxygen atoms in total. The predicted molar refractivity (Wildman–Crippen MR) is 72.1 cm³/mol. The lowest BCUT2D eigenvalue weighted by Crippen LogP contribution is -2.34. The molecular weight excluding hydrogens is 220 g/mol. The Balaban J connectivity index is 1.77. The highest BCUT2D eigenvalue weighted by atomic mass is 15.0. The van der Waals surface area contributed by atoms with Gasteiger partial charge in [0.2, 0.25) is 0 Å². The molecule has 3 rings (SSSR count). The van der Waals surface area contributed by atoms with Gasteiger partial charge in [-0.15, -0.1) is 0 Å². The molecule has 0 aromatic heterocycles. The van der Waals surface area contributed by atoms with Crippen molar-refractivity contribution in [2.75, 3.05) is 0 Å². The Hall–Kier alpha value is -1.33. The SMILES string of the molecule is Cc1ccc2c(c1)C(NC1CCCC1C#N)CC2. The molecule has 0 spiro atoms. The third kappa shape index (κ3) is 2.04. The highest BCUT2D eigenvalue weighted by Crippen LogP contribution is 2.35. The molecule has 18 heavy (non-hydrogen) atoms. The van der Waals surface area contributed by atoms with E-state index < -0.39 is 0 Å². The normalized spacial score (nSPS) is 30.1. The molecule has 1 saturated carbocycles. The second-order valence-electron chi connectivity index (χ2n) is 5.73. The summed E-state index contributed by atoms with van der Waals surface area (Å²) >= 11 is 0. The third-order valence-electron chi connectivity index (χ3n) is 4.48. The second-order valence-corrected chi connectivity index (χ2v) is 5.73. The fraction of sp³-hybridized carbons (Fsp3) is 0.562. The largest absolute Gasteiger partial charge is 0.306 e. The van der Waals surface area contributed by atoms with E-state index in [0.29, 0.717) is 12.1 Å². The molecule has 1 aromatic carbocycles. The summed E-state index contributed by atoms with van der Waals surface area (Å²) in [4.78, 5) is 0. The number of hydrogen-bond acceptors (Lipinski definition) is 2. The summed E-state index contributed by atoms with van der Waals surface area (Å²) in [7, 11) is 0. The van der Waals surface area contributed by atoms with Crippen molar-refractivity contribution in [3.63, 3.8) is 0 Å². The maximum absolute atomic E-state index is 9.16. The molecule has 2 aliphatic rings. The molecule has 1 fully saturated rings. The fourth-order valence-corrected chi connectivity index (χ4v) is 3.47. The first-order valence-electron chi connectivity index (χ1n) is 7.03. The van der Waals surface area contributed by atoms with Crippen LogP contribution in [-0.4, -0.2) is 6.04 Å². The first kappa shape index (κ1) is 11.7. The molecule has 0 amide bonds. The van der Waals surface area contributed by atoms with Crippen molar-refractivity contribution in [2.24, 2.45) is 5.92 Å². The Bertz CT molecular complexity index is 486. The molecule has 1 aromatic rings. The van der Waals surface area contributed by atoms with Gasteiger partial charge in [0.25, 0.3) is 0 Å². The summed E-state index contributed by atoms with van der Waals surface area (Å²) in [6, 6.07) is 10.1. The molecule has 0 heterocycles. The van der Waals surface area contributed by atoms with Crippen molar-refractivity contribution < 1.29 is 0 Å². The topological polar surface area (TPSA) is 35.8 Å². The molecule has 2 aliphatic carbocycles. The van der Waals surface area contributed by atoms with Gasteiger partial charge in [0.05, 0.1) is 12.0 Å². The van der Waals surface area contributed by atoms with Crippen LogP contribution in [-0.2, 0) is 6.42 Å². The summed E-state index contributed by atoms with van der Waals surface area (Å²) in [6.07, 6.45) is 5.80. The van der Waals surface area contributed by atoms with E-state index >= 15 is 0 Å². The molecule has 94 valence electrons. The summed E-state index contributed by atoms with van der Waals surface area (Å²) in [5, 5.41) is 12.9. The van der Waals surface area contributed by atoms with Crippen LogP contribution >= 0.6 is 0 Å². The highest BCUT2D eigenvalue weighted by Gasteiger charge is 2.31. The smallest absolute Gasteiger partial charge is 0.0672 e. The lowest BCUT2D eigenvalue weighted by Gasteiger charge is -2.22. The number of nitrogens with zero attached hydrogens (tertiary/aromatic N) is 1. The van der Waals surface area contributed by atoms with Crippen molar-refractivity contribution >= 4 is 0 Å². The Labute approximate surface area is 109 Å². The van der Waals surface area contributed by atoms with Crippen molar-refractivity contribution in [3.8, 4) is 6.07 Å². The van der Waals surface area contributed by atoms with Gasteiger partial charge in [-0.1, -0.05) is 30.2 Å². The molecule has 0 saturated heterocycles. The second kappa shape index (κ2) is 4.74. The lowest BCUT2D eigenvalue weighted by atomic mass is 10.0. The zero-order valence-corrected chi connectivity index (χ0v) is 10.9. The van der Waals surface area contributed by atoms with Crippen LogP contribution in [0.3, 0.4) is 0 Å². The molecule has 0 bridgehead atoms. The molecule has 0 aliphatic heterocycles. The van der Waals surface area contributed by atoms with E-state index in [1.807, 2.05) is 0 Å². The zero-order valence-electron chi connectivity index (χ0n) is 10.9. The van der Waals surface area contributed by atoms with E-state index in [4.69, 9.17) is 5.26 Å². The summed E-state index contributed by atoms with van der Waals surface area (Å²) < 4.78 is 0. The third-order valence-corrected chi connectivity index (χ3v) is 4.48. The fourth-order valence-electron chi connectivity index (χ4n) is 3.47. The van der Waals surface area contributed by atoms with Gasteiger partial charge in [-0.25, -0.2) is 0 Å². The number of aryl methyl sites for hydroxylation is 2. The Morgan fingerprint density at radius 3 is 3.00 bits per heavy atom. The van der Waals surface area contributed by atoms with Crippen molar-refractivity contribution in [2.45, 2.75) is 51.1 Å². The van der Waals surface area contributed by atoms with E-state index in [0.717, 1.165) is 12.8 Å². The number of rotatable bonds is 2. The Kier molecular flexibility index (Phi) is 3.09. The molecular formula is C16H20N2. The number of benzene rings is 1. The van der Waals surface area contributed by atoms with Gasteiger partial charge in [-0.3, -0.25) is 0 Å². The van der Waals surface area contributed by atoms with E-state index in [-0.39, 0.29) is 5.92 Å². The van der Waals surface area contributed by atoms with Crippen molar-refractivity contribution in [3.05, 3.63) is 34.9 Å². The van der Waals surface area contributed by atoms with Gasteiger partial charge >= 0.3 is 0 Å². The van der Waals surface area contributed by atoms with Crippen LogP contribution in [0.4, 0.5) is 0 Å². The van der Waals surface area contributed by atoms with Gasteiger partial charge in [0.15, 0.2) is 0 Å². The first-order valence-corrected chi connectivity index (χ1v) is 7.03. The standard InChI is InChI=1S/C16H20N2/c1-11-5-6-12-7-8-16(14(12)9-11)18-15-4-2-3-13(15)10-17/h5-6,9,13,15-16,18H,2-4,7-8H2,1H3. The maximum atomic E-state index is 9.16. The van der Waals surface area contributed by atoms with E-state index in [2.05, 4.69) is 36.5 Å². The maximum Gasteiger partial charge on any atom is 0.0672 e. The number of hydrogen-bond donors (Lipinski definition) is 1. The molecule has 0 radical (unpaired) electrons. The van der Waals surface area contributed by atoms with Crippen LogP contribution in [0.15, 0.2) is 18.2 Å². The van der Waals surface area contributed by atoms with Crippen LogP contribution < -0.4 is 5.32 Å². The highest BCUT2D eigenvalue weighted by molar-refractivity contribution is 5.37. The summed E-state index contributed by atoms with van der Waals surface area (Å²) in [5.41, 5.74) is 4.30. The van der Waals surface area contributed by atoms with Crippen LogP contribution in [0, 0.1) is 24.2 Å². The first-order chi connectivity index (χ1) is 8.78. The predicted octanol–water partition coefficient (Wildman–Crippen LogP) is 3.26. The van der Waals surface area contributed by atoms with Gasteiger partial charge in [-0.05, 0) is 43.7 Å². The van der Waals surface area contributed by atoms with Gasteiger partial charge in [0, 0.05) is 12.1 Å². The molecule has 3 atom stereocenters. The molecule has 2 heteroatoms. The number of fused-ring (bicyclic) bond motifs is 1. The van der Waals surface area contributed by atoms with E-state index in [1.54, 1.807) is 0 Å². The quantitative estimate of drug-likeness (QED) is 0.861. The van der Waals surface area contributed by atoms with E-state index in [1.165, 1.54) is 36.0 Å². The van der Waals surface area contributed by atoms with Crippen LogP contribution in [0.25, 0.3) is 0 Å². The van der Waals surface area contributed by atoms with Crippen LogP contribution in [0.2, 0.25) is 0 Å². The average molecular weight is 240 g/mol. The van der Waals surface area contributed by atoms with Crippen LogP contribution in [0.1, 0.15) is 48.4 Å². The Morgan fingerprint density at radius 2 is 2.17 bits per heavy atom. The van der Waals surface area contributed by atoms with Gasteiger partial charge in [0.1, 0.15) is 0 Å². The van der Waals surface area contributed by atoms with Crippen molar-refractivity contribution in [1.29, 1.82) is 5.26 Å². The number of nitriles is 1. The molecule has 1 N–H and O–H groups in total. The Morgan fingerprint density at radius 1 is 1.28 bits per heavy atom. The van der Waals surface area contributed by atoms with Gasteiger partial charge in [-0.2, -0.15) is 5.26 Å². The summed E-state index contributed by atoms with van der Waals surface area (Å²) in [5.74, 6) is 0.221. The number of nitrogens with one attached hydrogen (secondary N) is 1. The van der Waals surface area contributed by atoms with Crippen LogP contribution in [0.5, 0.6) is 0 Å². The monoisotopic (exact) mass is 240 g/mol. The van der Waals surface area contributed by atoms with E-state index in [9.17, 15) is 0 Å². The minimum atomic E-state index is 0.221. The molecule has 3 unspecified atom stereocenters. The minimum absolute atomic E-state index is 0.221. The zero-order chi connectivity index (χ0) is 12.5. The summed E-state index contributed by atoms with van der Waals surface area (Å²) in [6.45, 7) is 2.16. The average Bonchev–Trinajstić information content (AvgIpc) is 2.97. The minimum Gasteiger partial charge on any atom is -0.306 e.